The van der Waals surface area contributed by atoms with Crippen molar-refractivity contribution < 1.29 is 4.39 Å². The molecule has 0 spiro atoms. The van der Waals surface area contributed by atoms with E-state index in [9.17, 15) is 4.39 Å². The van der Waals surface area contributed by atoms with Gasteiger partial charge in [0.25, 0.3) is 0 Å². The molecule has 2 heteroatoms. The molecular formula is C16H22FN. The highest BCUT2D eigenvalue weighted by Gasteiger charge is 2.33. The van der Waals surface area contributed by atoms with E-state index in [0.717, 1.165) is 24.9 Å². The summed E-state index contributed by atoms with van der Waals surface area (Å²) in [5.74, 6) is 2.17. The Morgan fingerprint density at radius 2 is 1.72 bits per heavy atom. The normalized spacial score (nSPS) is 29.6. The average molecular weight is 247 g/mol. The average Bonchev–Trinajstić information content (AvgIpc) is 2.93. The van der Waals surface area contributed by atoms with Gasteiger partial charge in [-0.1, -0.05) is 37.8 Å². The Bertz CT molecular complexity index is 381. The summed E-state index contributed by atoms with van der Waals surface area (Å²) in [4.78, 5) is 0. The van der Waals surface area contributed by atoms with Crippen molar-refractivity contribution in [2.45, 2.75) is 38.0 Å². The topological polar surface area (TPSA) is 12.0 Å². The van der Waals surface area contributed by atoms with Gasteiger partial charge in [-0.05, 0) is 48.4 Å². The minimum atomic E-state index is -0.125. The van der Waals surface area contributed by atoms with Gasteiger partial charge in [0.1, 0.15) is 5.82 Å². The third kappa shape index (κ3) is 2.44. The van der Waals surface area contributed by atoms with Crippen molar-refractivity contribution in [3.05, 3.63) is 35.6 Å². The summed E-state index contributed by atoms with van der Waals surface area (Å²) < 4.78 is 13.0. The third-order valence-corrected chi connectivity index (χ3v) is 4.84. The molecule has 1 aliphatic carbocycles. The second-order valence-corrected chi connectivity index (χ2v) is 5.86. The van der Waals surface area contributed by atoms with Crippen molar-refractivity contribution in [3.8, 4) is 0 Å². The van der Waals surface area contributed by atoms with Gasteiger partial charge in [-0.25, -0.2) is 4.39 Å². The van der Waals surface area contributed by atoms with Gasteiger partial charge in [0.2, 0.25) is 0 Å². The molecule has 0 radical (unpaired) electrons. The molecule has 1 aromatic carbocycles. The largest absolute Gasteiger partial charge is 0.316 e. The molecule has 0 amide bonds. The summed E-state index contributed by atoms with van der Waals surface area (Å²) in [7, 11) is 0. The van der Waals surface area contributed by atoms with E-state index >= 15 is 0 Å². The van der Waals surface area contributed by atoms with Gasteiger partial charge < -0.3 is 5.32 Å². The van der Waals surface area contributed by atoms with Crippen LogP contribution in [-0.2, 0) is 0 Å². The van der Waals surface area contributed by atoms with E-state index in [1.807, 2.05) is 12.1 Å². The fourth-order valence-corrected chi connectivity index (χ4v) is 3.90. The van der Waals surface area contributed by atoms with Gasteiger partial charge in [0.15, 0.2) is 0 Å². The second kappa shape index (κ2) is 5.40. The summed E-state index contributed by atoms with van der Waals surface area (Å²) in [6.07, 6.45) is 6.91. The van der Waals surface area contributed by atoms with Gasteiger partial charge in [0, 0.05) is 6.54 Å². The SMILES string of the molecule is Fc1ccc(C2CNCCC2C2CCCC2)cc1. The van der Waals surface area contributed by atoms with E-state index < -0.39 is 0 Å². The lowest BCUT2D eigenvalue weighted by Gasteiger charge is -2.36. The summed E-state index contributed by atoms with van der Waals surface area (Å²) in [5, 5.41) is 3.51. The smallest absolute Gasteiger partial charge is 0.123 e. The van der Waals surface area contributed by atoms with Crippen LogP contribution in [0.15, 0.2) is 24.3 Å². The first-order valence-electron chi connectivity index (χ1n) is 7.31. The van der Waals surface area contributed by atoms with Crippen LogP contribution in [0.2, 0.25) is 0 Å². The van der Waals surface area contributed by atoms with E-state index in [4.69, 9.17) is 0 Å². The lowest BCUT2D eigenvalue weighted by atomic mass is 9.73. The maximum absolute atomic E-state index is 13.0. The molecule has 1 aliphatic heterocycles. The van der Waals surface area contributed by atoms with Crippen molar-refractivity contribution in [2.75, 3.05) is 13.1 Å². The first-order chi connectivity index (χ1) is 8.84. The highest BCUT2D eigenvalue weighted by atomic mass is 19.1. The Balaban J connectivity index is 1.80. The van der Waals surface area contributed by atoms with E-state index in [2.05, 4.69) is 5.32 Å². The van der Waals surface area contributed by atoms with E-state index in [1.165, 1.54) is 37.7 Å². The Kier molecular flexibility index (Phi) is 3.64. The maximum Gasteiger partial charge on any atom is 0.123 e. The molecule has 1 aromatic rings. The Labute approximate surface area is 109 Å². The molecule has 2 aliphatic rings. The van der Waals surface area contributed by atoms with Crippen molar-refractivity contribution in [2.24, 2.45) is 11.8 Å². The van der Waals surface area contributed by atoms with Crippen LogP contribution in [0.3, 0.4) is 0 Å². The van der Waals surface area contributed by atoms with Crippen LogP contribution < -0.4 is 5.32 Å². The monoisotopic (exact) mass is 247 g/mol. The van der Waals surface area contributed by atoms with E-state index in [0.29, 0.717) is 5.92 Å². The summed E-state index contributed by atoms with van der Waals surface area (Å²) in [6.45, 7) is 2.21. The first kappa shape index (κ1) is 12.2. The summed E-state index contributed by atoms with van der Waals surface area (Å²) >= 11 is 0. The predicted octanol–water partition coefficient (Wildman–Crippen LogP) is 3.71. The molecule has 2 atom stereocenters. The van der Waals surface area contributed by atoms with Gasteiger partial charge in [-0.15, -0.1) is 0 Å². The molecule has 1 saturated carbocycles. The van der Waals surface area contributed by atoms with Crippen LogP contribution in [0.4, 0.5) is 4.39 Å². The van der Waals surface area contributed by atoms with Gasteiger partial charge in [-0.3, -0.25) is 0 Å². The molecule has 0 aromatic heterocycles. The Hall–Kier alpha value is -0.890. The molecule has 18 heavy (non-hydrogen) atoms. The van der Waals surface area contributed by atoms with Crippen LogP contribution in [0, 0.1) is 17.7 Å². The van der Waals surface area contributed by atoms with Crippen molar-refractivity contribution in [3.63, 3.8) is 0 Å². The van der Waals surface area contributed by atoms with E-state index in [-0.39, 0.29) is 5.82 Å². The maximum atomic E-state index is 13.0. The van der Waals surface area contributed by atoms with Crippen LogP contribution >= 0.6 is 0 Å². The molecule has 3 rings (SSSR count). The standard InChI is InChI=1S/C16H22FN/c17-14-7-5-13(6-8-14)16-11-18-10-9-15(16)12-3-1-2-4-12/h5-8,12,15-16,18H,1-4,9-11H2. The molecule has 1 nitrogen and oxygen atoms in total. The van der Waals surface area contributed by atoms with Crippen LogP contribution in [-0.4, -0.2) is 13.1 Å². The van der Waals surface area contributed by atoms with Crippen molar-refractivity contribution in [1.29, 1.82) is 0 Å². The molecule has 1 saturated heterocycles. The predicted molar refractivity (Wildman–Crippen MR) is 72.1 cm³/mol. The van der Waals surface area contributed by atoms with Crippen molar-refractivity contribution in [1.82, 2.24) is 5.32 Å². The second-order valence-electron chi connectivity index (χ2n) is 5.86. The van der Waals surface area contributed by atoms with Crippen LogP contribution in [0.25, 0.3) is 0 Å². The van der Waals surface area contributed by atoms with Crippen molar-refractivity contribution >= 4 is 0 Å². The number of benzene rings is 1. The summed E-state index contributed by atoms with van der Waals surface area (Å²) in [6, 6.07) is 7.18. The zero-order chi connectivity index (χ0) is 12.4. The van der Waals surface area contributed by atoms with Gasteiger partial charge in [0.05, 0.1) is 0 Å². The fourth-order valence-electron chi connectivity index (χ4n) is 3.90. The van der Waals surface area contributed by atoms with E-state index in [1.54, 1.807) is 12.1 Å². The molecule has 0 bridgehead atoms. The first-order valence-corrected chi connectivity index (χ1v) is 7.31. The number of halogens is 1. The van der Waals surface area contributed by atoms with Crippen LogP contribution in [0.1, 0.15) is 43.6 Å². The number of piperidine rings is 1. The number of rotatable bonds is 2. The zero-order valence-corrected chi connectivity index (χ0v) is 10.9. The molecule has 2 unspecified atom stereocenters. The highest BCUT2D eigenvalue weighted by molar-refractivity contribution is 5.22. The molecule has 2 fully saturated rings. The molecule has 1 N–H and O–H groups in total. The molecule has 98 valence electrons. The van der Waals surface area contributed by atoms with Gasteiger partial charge >= 0.3 is 0 Å². The lowest BCUT2D eigenvalue weighted by Crippen LogP contribution is -2.38. The van der Waals surface area contributed by atoms with Gasteiger partial charge in [-0.2, -0.15) is 0 Å². The minimum Gasteiger partial charge on any atom is -0.316 e. The minimum absolute atomic E-state index is 0.125. The van der Waals surface area contributed by atoms with Crippen LogP contribution in [0.5, 0.6) is 0 Å². The summed E-state index contributed by atoms with van der Waals surface area (Å²) in [5.41, 5.74) is 1.32. The fraction of sp³-hybridized carbons (Fsp3) is 0.625. The quantitative estimate of drug-likeness (QED) is 0.840. The molecular weight excluding hydrogens is 225 g/mol. The highest BCUT2D eigenvalue weighted by Crippen LogP contribution is 2.42. The Morgan fingerprint density at radius 3 is 2.44 bits per heavy atom. The third-order valence-electron chi connectivity index (χ3n) is 4.84. The number of hydrogen-bond acceptors (Lipinski definition) is 1. The Morgan fingerprint density at radius 1 is 1.00 bits per heavy atom. The molecule has 1 heterocycles. The lowest BCUT2D eigenvalue weighted by molar-refractivity contribution is 0.227. The number of hydrogen-bond donors (Lipinski definition) is 1. The number of nitrogens with one attached hydrogen (secondary N) is 1. The zero-order valence-electron chi connectivity index (χ0n) is 10.9.